The smallest absolute Gasteiger partial charge is 0.257 e. The molecule has 1 amide bonds. The minimum atomic E-state index is -0.248. The molecular formula is C15H11ClN2O2. The van der Waals surface area contributed by atoms with Crippen LogP contribution in [0.4, 0.5) is 17.1 Å². The van der Waals surface area contributed by atoms with Crippen molar-refractivity contribution in [3.8, 4) is 0 Å². The summed E-state index contributed by atoms with van der Waals surface area (Å²) in [5.41, 5.74) is 2.77. The van der Waals surface area contributed by atoms with Gasteiger partial charge in [0.2, 0.25) is 0 Å². The first-order chi connectivity index (χ1) is 9.70. The third kappa shape index (κ3) is 2.04. The molecule has 4 nitrogen and oxygen atoms in total. The summed E-state index contributed by atoms with van der Waals surface area (Å²) in [6.45, 7) is 0. The number of ketones is 1. The molecule has 0 aromatic heterocycles. The fraction of sp³-hybridized carbons (Fsp3) is 0.0667. The molecule has 20 heavy (non-hydrogen) atoms. The van der Waals surface area contributed by atoms with E-state index < -0.39 is 0 Å². The van der Waals surface area contributed by atoms with Crippen LogP contribution in [0.1, 0.15) is 20.7 Å². The van der Waals surface area contributed by atoms with E-state index in [4.69, 9.17) is 11.6 Å². The number of nitrogens with one attached hydrogen (secondary N) is 2. The molecule has 2 aromatic carbocycles. The molecule has 0 bridgehead atoms. The minimum Gasteiger partial charge on any atom is -0.353 e. The normalized spacial score (nSPS) is 12.6. The number of hydrogen-bond donors (Lipinski definition) is 2. The fourth-order valence-electron chi connectivity index (χ4n) is 2.21. The van der Waals surface area contributed by atoms with E-state index in [0.29, 0.717) is 22.5 Å². The van der Waals surface area contributed by atoms with Gasteiger partial charge in [-0.3, -0.25) is 9.59 Å². The van der Waals surface area contributed by atoms with Crippen molar-refractivity contribution < 1.29 is 9.59 Å². The van der Waals surface area contributed by atoms with Gasteiger partial charge in [0.15, 0.2) is 5.78 Å². The summed E-state index contributed by atoms with van der Waals surface area (Å²) in [6, 6.07) is 12.3. The van der Waals surface area contributed by atoms with Gasteiger partial charge in [-0.25, -0.2) is 0 Å². The molecule has 0 unspecified atom stereocenters. The number of rotatable bonds is 2. The Kier molecular flexibility index (Phi) is 3.16. The van der Waals surface area contributed by atoms with E-state index in [1.165, 1.54) is 0 Å². The largest absolute Gasteiger partial charge is 0.353 e. The molecule has 3 rings (SSSR count). The maximum absolute atomic E-state index is 12.2. The van der Waals surface area contributed by atoms with Gasteiger partial charge in [0, 0.05) is 5.56 Å². The number of carbonyl (C=O) groups is 2. The van der Waals surface area contributed by atoms with Gasteiger partial charge in [0.05, 0.1) is 28.5 Å². The first-order valence-corrected chi connectivity index (χ1v) is 6.63. The van der Waals surface area contributed by atoms with E-state index in [-0.39, 0.29) is 17.6 Å². The standard InChI is InChI=1S/C15H11ClN2O2/c16-8-13(19)9-4-3-5-10-14(9)17-11-6-1-2-7-12(11)18-15(10)20/h1-7,17H,8H2,(H,18,20). The maximum atomic E-state index is 12.2. The molecule has 100 valence electrons. The molecule has 5 heteroatoms. The number of anilines is 3. The van der Waals surface area contributed by atoms with Gasteiger partial charge >= 0.3 is 0 Å². The Morgan fingerprint density at radius 3 is 2.40 bits per heavy atom. The minimum absolute atomic E-state index is 0.124. The van der Waals surface area contributed by atoms with Crippen molar-refractivity contribution in [3.63, 3.8) is 0 Å². The molecule has 1 aliphatic rings. The van der Waals surface area contributed by atoms with E-state index in [2.05, 4.69) is 10.6 Å². The monoisotopic (exact) mass is 286 g/mol. The Hall–Kier alpha value is -2.33. The number of Topliss-reactive ketones (excluding diaryl/α,β-unsaturated/α-hetero) is 1. The Balaban J connectivity index is 2.20. The number of para-hydroxylation sites is 3. The molecule has 2 aromatic rings. The van der Waals surface area contributed by atoms with E-state index in [1.54, 1.807) is 24.3 Å². The van der Waals surface area contributed by atoms with Gasteiger partial charge in [-0.15, -0.1) is 11.6 Å². The zero-order valence-electron chi connectivity index (χ0n) is 10.4. The molecule has 0 fully saturated rings. The summed E-state index contributed by atoms with van der Waals surface area (Å²) in [7, 11) is 0. The lowest BCUT2D eigenvalue weighted by molar-refractivity contribution is 0.102. The SMILES string of the molecule is O=C(CCl)c1cccc2c1Nc1ccccc1NC2=O. The van der Waals surface area contributed by atoms with Crippen molar-refractivity contribution >= 4 is 40.4 Å². The van der Waals surface area contributed by atoms with E-state index in [9.17, 15) is 9.59 Å². The number of alkyl halides is 1. The molecule has 0 spiro atoms. The average Bonchev–Trinajstić information content (AvgIpc) is 2.62. The van der Waals surface area contributed by atoms with Gasteiger partial charge in [0.25, 0.3) is 5.91 Å². The van der Waals surface area contributed by atoms with Gasteiger partial charge in [-0.05, 0) is 24.3 Å². The molecule has 1 heterocycles. The second-order valence-corrected chi connectivity index (χ2v) is 4.68. The van der Waals surface area contributed by atoms with Crippen LogP contribution in [-0.2, 0) is 0 Å². The van der Waals surface area contributed by atoms with Gasteiger partial charge in [-0.2, -0.15) is 0 Å². The maximum Gasteiger partial charge on any atom is 0.257 e. The summed E-state index contributed by atoms with van der Waals surface area (Å²) in [5.74, 6) is -0.591. The number of benzene rings is 2. The molecule has 0 saturated carbocycles. The van der Waals surface area contributed by atoms with E-state index in [1.807, 2.05) is 18.2 Å². The van der Waals surface area contributed by atoms with Crippen LogP contribution in [0.15, 0.2) is 42.5 Å². The number of fused-ring (bicyclic) bond motifs is 2. The second kappa shape index (κ2) is 4.98. The zero-order valence-corrected chi connectivity index (χ0v) is 11.2. The number of hydrogen-bond acceptors (Lipinski definition) is 3. The van der Waals surface area contributed by atoms with Crippen molar-refractivity contribution in [3.05, 3.63) is 53.6 Å². The quantitative estimate of drug-likeness (QED) is 0.657. The van der Waals surface area contributed by atoms with Gasteiger partial charge in [0.1, 0.15) is 0 Å². The zero-order chi connectivity index (χ0) is 14.1. The Morgan fingerprint density at radius 1 is 1.00 bits per heavy atom. The lowest BCUT2D eigenvalue weighted by Crippen LogP contribution is -2.12. The number of halogens is 1. The van der Waals surface area contributed by atoms with Gasteiger partial charge < -0.3 is 10.6 Å². The molecule has 1 aliphatic heterocycles. The predicted octanol–water partition coefficient (Wildman–Crippen LogP) is 3.42. The van der Waals surface area contributed by atoms with Crippen LogP contribution >= 0.6 is 11.6 Å². The Labute approximate surface area is 120 Å². The highest BCUT2D eigenvalue weighted by molar-refractivity contribution is 6.31. The molecular weight excluding hydrogens is 276 g/mol. The highest BCUT2D eigenvalue weighted by Gasteiger charge is 2.22. The summed E-state index contributed by atoms with van der Waals surface area (Å²) >= 11 is 5.63. The predicted molar refractivity (Wildman–Crippen MR) is 79.2 cm³/mol. The third-order valence-electron chi connectivity index (χ3n) is 3.17. The first-order valence-electron chi connectivity index (χ1n) is 6.10. The van der Waals surface area contributed by atoms with Crippen molar-refractivity contribution in [2.45, 2.75) is 0 Å². The third-order valence-corrected chi connectivity index (χ3v) is 3.41. The fourth-order valence-corrected chi connectivity index (χ4v) is 2.35. The lowest BCUT2D eigenvalue weighted by atomic mass is 10.0. The van der Waals surface area contributed by atoms with Crippen molar-refractivity contribution in [1.29, 1.82) is 0 Å². The average molecular weight is 287 g/mol. The van der Waals surface area contributed by atoms with Crippen molar-refractivity contribution in [1.82, 2.24) is 0 Å². The first kappa shape index (κ1) is 12.7. The van der Waals surface area contributed by atoms with Crippen LogP contribution < -0.4 is 10.6 Å². The second-order valence-electron chi connectivity index (χ2n) is 4.41. The van der Waals surface area contributed by atoms with E-state index >= 15 is 0 Å². The molecule has 2 N–H and O–H groups in total. The number of carbonyl (C=O) groups excluding carboxylic acids is 2. The molecule has 0 aliphatic carbocycles. The van der Waals surface area contributed by atoms with Crippen LogP contribution in [0.5, 0.6) is 0 Å². The Morgan fingerprint density at radius 2 is 1.70 bits per heavy atom. The molecule has 0 saturated heterocycles. The molecule has 0 radical (unpaired) electrons. The lowest BCUT2D eigenvalue weighted by Gasteiger charge is -2.11. The van der Waals surface area contributed by atoms with Crippen LogP contribution in [-0.4, -0.2) is 17.6 Å². The van der Waals surface area contributed by atoms with Crippen LogP contribution in [0.25, 0.3) is 0 Å². The highest BCUT2D eigenvalue weighted by Crippen LogP contribution is 2.34. The van der Waals surface area contributed by atoms with Gasteiger partial charge in [-0.1, -0.05) is 18.2 Å². The summed E-state index contributed by atoms with van der Waals surface area (Å²) < 4.78 is 0. The van der Waals surface area contributed by atoms with Crippen LogP contribution in [0, 0.1) is 0 Å². The van der Waals surface area contributed by atoms with Crippen molar-refractivity contribution in [2.75, 3.05) is 16.5 Å². The van der Waals surface area contributed by atoms with Crippen molar-refractivity contribution in [2.24, 2.45) is 0 Å². The van der Waals surface area contributed by atoms with Crippen LogP contribution in [0.2, 0.25) is 0 Å². The van der Waals surface area contributed by atoms with E-state index in [0.717, 1.165) is 5.69 Å². The number of amides is 1. The molecule has 0 atom stereocenters. The van der Waals surface area contributed by atoms with Crippen LogP contribution in [0.3, 0.4) is 0 Å². The summed E-state index contributed by atoms with van der Waals surface area (Å²) in [5, 5.41) is 5.97. The summed E-state index contributed by atoms with van der Waals surface area (Å²) in [6.07, 6.45) is 0. The highest BCUT2D eigenvalue weighted by atomic mass is 35.5. The Bertz CT molecular complexity index is 713. The summed E-state index contributed by atoms with van der Waals surface area (Å²) in [4.78, 5) is 24.1. The topological polar surface area (TPSA) is 58.2 Å².